The number of carbonyl (C=O) groups is 2. The first-order valence-electron chi connectivity index (χ1n) is 21.4. The van der Waals surface area contributed by atoms with Gasteiger partial charge in [-0.25, -0.2) is 9.59 Å². The highest BCUT2D eigenvalue weighted by Gasteiger charge is 2.19. The molecule has 0 aromatic heterocycles. The molecule has 51 heavy (non-hydrogen) atoms. The van der Waals surface area contributed by atoms with E-state index in [2.05, 4.69) is 52.0 Å². The van der Waals surface area contributed by atoms with E-state index >= 15 is 0 Å². The molecule has 0 spiro atoms. The van der Waals surface area contributed by atoms with Crippen LogP contribution in [0.4, 0.5) is 0 Å². The van der Waals surface area contributed by atoms with Crippen molar-refractivity contribution in [3.8, 4) is 0 Å². The Morgan fingerprint density at radius 3 is 0.765 bits per heavy atom. The first-order valence-corrected chi connectivity index (χ1v) is 21.4. The molecule has 0 aromatic carbocycles. The fourth-order valence-electron chi connectivity index (χ4n) is 5.36. The van der Waals surface area contributed by atoms with Crippen LogP contribution in [0.2, 0.25) is 0 Å². The topological polar surface area (TPSA) is 34.1 Å². The van der Waals surface area contributed by atoms with Crippen molar-refractivity contribution < 1.29 is 43.4 Å². The number of amides is 2. The van der Waals surface area contributed by atoms with Crippen LogP contribution >= 0.6 is 0 Å². The summed E-state index contributed by atoms with van der Waals surface area (Å²) in [5.74, 6) is 0.699. The van der Waals surface area contributed by atoms with E-state index in [0.29, 0.717) is 20.8 Å². The van der Waals surface area contributed by atoms with E-state index in [4.69, 9.17) is 0 Å². The first kappa shape index (κ1) is 59.6. The Kier molecular flexibility index (Phi) is 53.1. The molecule has 0 saturated heterocycles. The minimum atomic E-state index is 0. The number of quaternary nitrogens is 2. The van der Waals surface area contributed by atoms with Crippen LogP contribution < -0.4 is 24.8 Å². The standard InChI is InChI=1S/2C21H42NO.C3H8.2ClH/c2*1-5-6-7-8-9-10-11-12-13-14-15-16-17-18-19-20-21(23)22(2,3)4;1-3-2;;/h2*12-13H,5-11,14-20H2,1-4H3;3H2,1-2H3;2*1H/q2*+1;;;/p-2/b2*13-12-;;;. The van der Waals surface area contributed by atoms with E-state index in [1.807, 2.05) is 42.3 Å². The second-order valence-corrected chi connectivity index (χ2v) is 16.2. The second kappa shape index (κ2) is 45.5. The highest BCUT2D eigenvalue weighted by atomic mass is 35.5. The normalized spacial score (nSPS) is 11.3. The number of hydrogen-bond acceptors (Lipinski definition) is 2. The van der Waals surface area contributed by atoms with Gasteiger partial charge in [-0.2, -0.15) is 0 Å². The molecule has 0 aromatic rings. The summed E-state index contributed by atoms with van der Waals surface area (Å²) in [5, 5.41) is 0. The molecule has 0 aliphatic carbocycles. The van der Waals surface area contributed by atoms with Gasteiger partial charge in [-0.05, 0) is 64.2 Å². The lowest BCUT2D eigenvalue weighted by Gasteiger charge is -2.20. The van der Waals surface area contributed by atoms with Gasteiger partial charge >= 0.3 is 11.8 Å². The Bertz CT molecular complexity index is 692. The summed E-state index contributed by atoms with van der Waals surface area (Å²) in [6.45, 7) is 8.79. The predicted octanol–water partition coefficient (Wildman–Crippen LogP) is 7.94. The lowest BCUT2D eigenvalue weighted by molar-refractivity contribution is -0.792. The molecule has 0 rings (SSSR count). The maximum atomic E-state index is 11.8. The van der Waals surface area contributed by atoms with E-state index < -0.39 is 0 Å². The number of nitrogens with zero attached hydrogens (tertiary/aromatic N) is 2. The predicted molar refractivity (Wildman–Crippen MR) is 221 cm³/mol. The van der Waals surface area contributed by atoms with E-state index in [1.165, 1.54) is 161 Å². The van der Waals surface area contributed by atoms with Crippen molar-refractivity contribution in [2.45, 2.75) is 214 Å². The second-order valence-electron chi connectivity index (χ2n) is 16.2. The molecule has 4 nitrogen and oxygen atoms in total. The highest BCUT2D eigenvalue weighted by Crippen LogP contribution is 2.13. The molecule has 6 heteroatoms. The van der Waals surface area contributed by atoms with Gasteiger partial charge in [0.15, 0.2) is 0 Å². The van der Waals surface area contributed by atoms with Crippen LogP contribution in [0, 0.1) is 0 Å². The zero-order valence-corrected chi connectivity index (χ0v) is 37.8. The highest BCUT2D eigenvalue weighted by molar-refractivity contribution is 5.68. The third kappa shape index (κ3) is 53.8. The van der Waals surface area contributed by atoms with Crippen LogP contribution in [0.15, 0.2) is 24.3 Å². The van der Waals surface area contributed by atoms with Gasteiger partial charge in [-0.15, -0.1) is 0 Å². The van der Waals surface area contributed by atoms with E-state index in [1.54, 1.807) is 0 Å². The van der Waals surface area contributed by atoms with Crippen LogP contribution in [-0.2, 0) is 9.59 Å². The molecular formula is C45H92Cl2N2O2. The van der Waals surface area contributed by atoms with E-state index in [0.717, 1.165) is 25.7 Å². The molecule has 0 unspecified atom stereocenters. The summed E-state index contributed by atoms with van der Waals surface area (Å²) in [6, 6.07) is 0. The molecule has 0 bridgehead atoms. The maximum Gasteiger partial charge on any atom is 0.313 e. The molecule has 2 amide bonds. The van der Waals surface area contributed by atoms with Crippen molar-refractivity contribution in [2.75, 3.05) is 42.3 Å². The number of allylic oxidation sites excluding steroid dienone is 4. The summed E-state index contributed by atoms with van der Waals surface area (Å²) < 4.78 is 0.923. The Labute approximate surface area is 334 Å². The number of rotatable bonds is 30. The Balaban J connectivity index is -0.000000247. The summed E-state index contributed by atoms with van der Waals surface area (Å²) in [7, 11) is 11.7. The average molecular weight is 764 g/mol. The third-order valence-electron chi connectivity index (χ3n) is 8.80. The molecule has 0 aliphatic heterocycles. The van der Waals surface area contributed by atoms with Crippen LogP contribution in [0.1, 0.15) is 214 Å². The number of hydrogen-bond donors (Lipinski definition) is 0. The molecule has 0 aliphatic rings. The Morgan fingerprint density at radius 2 is 0.549 bits per heavy atom. The lowest BCUT2D eigenvalue weighted by Crippen LogP contribution is -3.00. The fraction of sp³-hybridized carbons (Fsp3) is 0.867. The first-order chi connectivity index (χ1) is 23.4. The van der Waals surface area contributed by atoms with Crippen LogP contribution in [0.25, 0.3) is 0 Å². The van der Waals surface area contributed by atoms with E-state index in [9.17, 15) is 9.59 Å². The summed E-state index contributed by atoms with van der Waals surface area (Å²) in [4.78, 5) is 23.5. The van der Waals surface area contributed by atoms with Crippen molar-refractivity contribution in [1.82, 2.24) is 0 Å². The van der Waals surface area contributed by atoms with Crippen LogP contribution in [0.3, 0.4) is 0 Å². The van der Waals surface area contributed by atoms with Gasteiger partial charge in [-0.1, -0.05) is 161 Å². The Morgan fingerprint density at radius 1 is 0.353 bits per heavy atom. The van der Waals surface area contributed by atoms with Crippen molar-refractivity contribution in [3.63, 3.8) is 0 Å². The van der Waals surface area contributed by atoms with Gasteiger partial charge in [0.1, 0.15) is 0 Å². The van der Waals surface area contributed by atoms with Gasteiger partial charge in [0, 0.05) is 0 Å². The molecule has 308 valence electrons. The molecular weight excluding hydrogens is 671 g/mol. The lowest BCUT2D eigenvalue weighted by atomic mass is 10.1. The smallest absolute Gasteiger partial charge is 0.313 e. The van der Waals surface area contributed by atoms with Crippen molar-refractivity contribution in [1.29, 1.82) is 0 Å². The zero-order valence-electron chi connectivity index (χ0n) is 36.3. The Hall–Kier alpha value is -0.680. The van der Waals surface area contributed by atoms with Crippen molar-refractivity contribution >= 4 is 11.8 Å². The largest absolute Gasteiger partial charge is 1.00 e. The number of carbonyl (C=O) groups excluding carboxylic acids is 2. The molecule has 0 saturated carbocycles. The maximum absolute atomic E-state index is 11.8. The quantitative estimate of drug-likeness (QED) is 0.0424. The third-order valence-corrected chi connectivity index (χ3v) is 8.80. The van der Waals surface area contributed by atoms with Gasteiger partial charge < -0.3 is 24.8 Å². The minimum absolute atomic E-state index is 0. The van der Waals surface area contributed by atoms with E-state index in [-0.39, 0.29) is 24.8 Å². The van der Waals surface area contributed by atoms with Gasteiger partial charge in [0.05, 0.1) is 55.1 Å². The molecule has 0 radical (unpaired) electrons. The average Bonchev–Trinajstić information content (AvgIpc) is 3.04. The molecule has 0 heterocycles. The monoisotopic (exact) mass is 763 g/mol. The van der Waals surface area contributed by atoms with Crippen LogP contribution in [0.5, 0.6) is 0 Å². The fourth-order valence-corrected chi connectivity index (χ4v) is 5.36. The minimum Gasteiger partial charge on any atom is -1.00 e. The molecule has 0 atom stereocenters. The molecule has 0 N–H and O–H groups in total. The van der Waals surface area contributed by atoms with Gasteiger partial charge in [0.25, 0.3) is 0 Å². The van der Waals surface area contributed by atoms with Crippen molar-refractivity contribution in [2.24, 2.45) is 0 Å². The SMILES string of the molecule is CCC.CCCCCCCC/C=C\CCCCCCCC(=O)[N+](C)(C)C.CCCCCCCC/C=C\CCCCCCCC(=O)[N+](C)(C)C.[Cl-].[Cl-]. The van der Waals surface area contributed by atoms with Crippen LogP contribution in [-0.4, -0.2) is 63.1 Å². The van der Waals surface area contributed by atoms with Crippen molar-refractivity contribution in [3.05, 3.63) is 24.3 Å². The summed E-state index contributed by atoms with van der Waals surface area (Å²) in [6.07, 6.45) is 46.1. The molecule has 0 fully saturated rings. The summed E-state index contributed by atoms with van der Waals surface area (Å²) >= 11 is 0. The van der Waals surface area contributed by atoms with Gasteiger partial charge in [0.2, 0.25) is 0 Å². The number of unbranched alkanes of at least 4 members (excludes halogenated alkanes) is 22. The zero-order chi connectivity index (χ0) is 37.5. The van der Waals surface area contributed by atoms with Gasteiger partial charge in [-0.3, -0.25) is 8.97 Å². The summed E-state index contributed by atoms with van der Waals surface area (Å²) in [5.41, 5.74) is 0. The number of halogens is 2.